The van der Waals surface area contributed by atoms with Crippen LogP contribution in [0.1, 0.15) is 24.4 Å². The van der Waals surface area contributed by atoms with Gasteiger partial charge in [-0.1, -0.05) is 0 Å². The maximum Gasteiger partial charge on any atom is 0.142 e. The molecule has 0 unspecified atom stereocenters. The highest BCUT2D eigenvalue weighted by Crippen LogP contribution is 2.09. The molecule has 1 aliphatic heterocycles. The molecule has 3 nitrogen and oxygen atoms in total. The molecule has 1 fully saturated rings. The summed E-state index contributed by atoms with van der Waals surface area (Å²) in [6, 6.07) is 1.94. The average Bonchev–Trinajstić information content (AvgIpc) is 2.57. The van der Waals surface area contributed by atoms with Crippen molar-refractivity contribution in [1.29, 1.82) is 0 Å². The summed E-state index contributed by atoms with van der Waals surface area (Å²) in [4.78, 5) is 11.0. The Morgan fingerprint density at radius 2 is 2.15 bits per heavy atom. The van der Waals surface area contributed by atoms with Crippen molar-refractivity contribution >= 4 is 0 Å². The molecule has 1 aromatic heterocycles. The van der Waals surface area contributed by atoms with Crippen molar-refractivity contribution in [2.24, 2.45) is 0 Å². The van der Waals surface area contributed by atoms with Crippen LogP contribution in [0.4, 0.5) is 0 Å². The lowest BCUT2D eigenvalue weighted by Crippen LogP contribution is -2.20. The number of likely N-dealkylation sites (tertiary alicyclic amines) is 1. The van der Waals surface area contributed by atoms with E-state index in [2.05, 4.69) is 14.9 Å². The van der Waals surface area contributed by atoms with Crippen LogP contribution in [0.3, 0.4) is 0 Å². The van der Waals surface area contributed by atoms with E-state index in [9.17, 15) is 0 Å². The molecule has 0 atom stereocenters. The standard InChI is InChI=1S/C10H15N3/c1-9-4-5-11-10(12-9)8-13-6-2-3-7-13/h4-5H,2-3,6-8H2,1H3. The molecule has 1 aromatic rings. The van der Waals surface area contributed by atoms with Crippen molar-refractivity contribution in [1.82, 2.24) is 14.9 Å². The summed E-state index contributed by atoms with van der Waals surface area (Å²) < 4.78 is 0. The van der Waals surface area contributed by atoms with E-state index in [4.69, 9.17) is 0 Å². The maximum absolute atomic E-state index is 4.38. The summed E-state index contributed by atoms with van der Waals surface area (Å²) in [5, 5.41) is 0. The predicted octanol–water partition coefficient (Wildman–Crippen LogP) is 1.38. The summed E-state index contributed by atoms with van der Waals surface area (Å²) in [5.74, 6) is 0.960. The molecule has 2 rings (SSSR count). The average molecular weight is 177 g/mol. The molecule has 0 amide bonds. The van der Waals surface area contributed by atoms with E-state index in [0.29, 0.717) is 0 Å². The van der Waals surface area contributed by atoms with Gasteiger partial charge in [0.05, 0.1) is 6.54 Å². The monoisotopic (exact) mass is 177 g/mol. The highest BCUT2D eigenvalue weighted by Gasteiger charge is 2.12. The van der Waals surface area contributed by atoms with Gasteiger partial charge in [-0.3, -0.25) is 4.90 Å². The highest BCUT2D eigenvalue weighted by molar-refractivity contribution is 4.99. The Bertz CT molecular complexity index is 279. The highest BCUT2D eigenvalue weighted by atomic mass is 15.2. The van der Waals surface area contributed by atoms with Crippen molar-refractivity contribution in [3.63, 3.8) is 0 Å². The van der Waals surface area contributed by atoms with Gasteiger partial charge >= 0.3 is 0 Å². The SMILES string of the molecule is Cc1ccnc(CN2CCCC2)n1. The van der Waals surface area contributed by atoms with Gasteiger partial charge in [-0.25, -0.2) is 9.97 Å². The van der Waals surface area contributed by atoms with Crippen molar-refractivity contribution in [3.05, 3.63) is 23.8 Å². The van der Waals surface area contributed by atoms with Gasteiger partial charge in [0.25, 0.3) is 0 Å². The summed E-state index contributed by atoms with van der Waals surface area (Å²) in [6.45, 7) is 5.34. The number of hydrogen-bond donors (Lipinski definition) is 0. The molecule has 0 aliphatic carbocycles. The minimum atomic E-state index is 0.918. The molecule has 0 N–H and O–H groups in total. The number of hydrogen-bond acceptors (Lipinski definition) is 3. The van der Waals surface area contributed by atoms with Crippen LogP contribution < -0.4 is 0 Å². The number of rotatable bonds is 2. The summed E-state index contributed by atoms with van der Waals surface area (Å²) >= 11 is 0. The molecule has 0 aromatic carbocycles. The van der Waals surface area contributed by atoms with Crippen LogP contribution in [0.5, 0.6) is 0 Å². The van der Waals surface area contributed by atoms with Crippen molar-refractivity contribution in [3.8, 4) is 0 Å². The Morgan fingerprint density at radius 3 is 2.85 bits per heavy atom. The minimum Gasteiger partial charge on any atom is -0.296 e. The minimum absolute atomic E-state index is 0.918. The third-order valence-electron chi connectivity index (χ3n) is 2.41. The first-order chi connectivity index (χ1) is 6.34. The van der Waals surface area contributed by atoms with E-state index in [-0.39, 0.29) is 0 Å². The molecule has 70 valence electrons. The molecule has 1 aliphatic rings. The quantitative estimate of drug-likeness (QED) is 0.683. The summed E-state index contributed by atoms with van der Waals surface area (Å²) in [5.41, 5.74) is 1.06. The lowest BCUT2D eigenvalue weighted by Gasteiger charge is -2.12. The normalized spacial score (nSPS) is 17.9. The molecule has 0 radical (unpaired) electrons. The molecule has 2 heterocycles. The number of aromatic nitrogens is 2. The Morgan fingerprint density at radius 1 is 1.38 bits per heavy atom. The first-order valence-corrected chi connectivity index (χ1v) is 4.85. The molecule has 1 saturated heterocycles. The second-order valence-corrected chi connectivity index (χ2v) is 3.60. The second-order valence-electron chi connectivity index (χ2n) is 3.60. The largest absolute Gasteiger partial charge is 0.296 e. The number of aryl methyl sites for hydroxylation is 1. The molecule has 0 spiro atoms. The van der Waals surface area contributed by atoms with Gasteiger partial charge in [0.2, 0.25) is 0 Å². The van der Waals surface area contributed by atoms with E-state index >= 15 is 0 Å². The second kappa shape index (κ2) is 3.83. The fraction of sp³-hybridized carbons (Fsp3) is 0.600. The molecule has 13 heavy (non-hydrogen) atoms. The third-order valence-corrected chi connectivity index (χ3v) is 2.41. The Labute approximate surface area is 78.8 Å². The van der Waals surface area contributed by atoms with Crippen molar-refractivity contribution in [2.75, 3.05) is 13.1 Å². The molecule has 0 bridgehead atoms. The topological polar surface area (TPSA) is 29.0 Å². The van der Waals surface area contributed by atoms with E-state index in [1.54, 1.807) is 0 Å². The predicted molar refractivity (Wildman–Crippen MR) is 51.3 cm³/mol. The van der Waals surface area contributed by atoms with E-state index < -0.39 is 0 Å². The summed E-state index contributed by atoms with van der Waals surface area (Å²) in [6.07, 6.45) is 4.49. The smallest absolute Gasteiger partial charge is 0.142 e. The fourth-order valence-corrected chi connectivity index (χ4v) is 1.72. The van der Waals surface area contributed by atoms with E-state index in [1.807, 2.05) is 19.2 Å². The molecule has 0 saturated carbocycles. The third kappa shape index (κ3) is 2.25. The van der Waals surface area contributed by atoms with Crippen LogP contribution in [0.2, 0.25) is 0 Å². The van der Waals surface area contributed by atoms with Gasteiger partial charge in [0.15, 0.2) is 0 Å². The van der Waals surface area contributed by atoms with Crippen LogP contribution in [-0.4, -0.2) is 28.0 Å². The van der Waals surface area contributed by atoms with Gasteiger partial charge in [-0.2, -0.15) is 0 Å². The molecular weight excluding hydrogens is 162 g/mol. The zero-order valence-electron chi connectivity index (χ0n) is 8.03. The Balaban J connectivity index is 2.00. The Hall–Kier alpha value is -0.960. The van der Waals surface area contributed by atoms with Gasteiger partial charge in [-0.15, -0.1) is 0 Å². The zero-order valence-corrected chi connectivity index (χ0v) is 8.03. The number of nitrogens with zero attached hydrogens (tertiary/aromatic N) is 3. The first kappa shape index (κ1) is 8.63. The van der Waals surface area contributed by atoms with E-state index in [1.165, 1.54) is 25.9 Å². The van der Waals surface area contributed by atoms with Crippen LogP contribution >= 0.6 is 0 Å². The molecule has 3 heteroatoms. The maximum atomic E-state index is 4.38. The van der Waals surface area contributed by atoms with Crippen molar-refractivity contribution in [2.45, 2.75) is 26.3 Å². The van der Waals surface area contributed by atoms with Crippen molar-refractivity contribution < 1.29 is 0 Å². The fourth-order valence-electron chi connectivity index (χ4n) is 1.72. The van der Waals surface area contributed by atoms with E-state index in [0.717, 1.165) is 18.1 Å². The van der Waals surface area contributed by atoms with Gasteiger partial charge in [0, 0.05) is 11.9 Å². The van der Waals surface area contributed by atoms with Crippen LogP contribution in [0.15, 0.2) is 12.3 Å². The van der Waals surface area contributed by atoms with Gasteiger partial charge in [0.1, 0.15) is 5.82 Å². The van der Waals surface area contributed by atoms with Gasteiger partial charge in [-0.05, 0) is 38.9 Å². The zero-order chi connectivity index (χ0) is 9.10. The molecular formula is C10H15N3. The van der Waals surface area contributed by atoms with Crippen LogP contribution in [0, 0.1) is 6.92 Å². The van der Waals surface area contributed by atoms with Crippen LogP contribution in [-0.2, 0) is 6.54 Å². The lowest BCUT2D eigenvalue weighted by molar-refractivity contribution is 0.322. The Kier molecular flexibility index (Phi) is 2.54. The summed E-state index contributed by atoms with van der Waals surface area (Å²) in [7, 11) is 0. The lowest BCUT2D eigenvalue weighted by atomic mass is 10.4. The van der Waals surface area contributed by atoms with Crippen LogP contribution in [0.25, 0.3) is 0 Å². The first-order valence-electron chi connectivity index (χ1n) is 4.85. The van der Waals surface area contributed by atoms with Gasteiger partial charge < -0.3 is 0 Å².